The highest BCUT2D eigenvalue weighted by Crippen LogP contribution is 2.29. The van der Waals surface area contributed by atoms with Crippen molar-refractivity contribution in [2.24, 2.45) is 5.92 Å². The molecule has 90 valence electrons. The van der Waals surface area contributed by atoms with E-state index < -0.39 is 5.60 Å². The van der Waals surface area contributed by atoms with Crippen LogP contribution in [0.1, 0.15) is 39.3 Å². The van der Waals surface area contributed by atoms with Gasteiger partial charge in [0.25, 0.3) is 0 Å². The first kappa shape index (κ1) is 11.9. The van der Waals surface area contributed by atoms with E-state index in [9.17, 15) is 5.11 Å². The van der Waals surface area contributed by atoms with E-state index in [2.05, 4.69) is 16.8 Å². The molecule has 2 heterocycles. The summed E-state index contributed by atoms with van der Waals surface area (Å²) in [5.41, 5.74) is -0.0402. The minimum absolute atomic E-state index is 0.753. The average molecular weight is 240 g/mol. The van der Waals surface area contributed by atoms with E-state index in [0.717, 1.165) is 29.8 Å². The van der Waals surface area contributed by atoms with Crippen LogP contribution in [0.3, 0.4) is 0 Å². The maximum atomic E-state index is 9.88. The third-order valence-electron chi connectivity index (χ3n) is 3.05. The minimum Gasteiger partial charge on any atom is -0.384 e. The second-order valence-electron chi connectivity index (χ2n) is 5.27. The van der Waals surface area contributed by atoms with Crippen molar-refractivity contribution in [3.05, 3.63) is 11.1 Å². The second-order valence-corrected chi connectivity index (χ2v) is 6.10. The molecule has 1 N–H and O–H groups in total. The van der Waals surface area contributed by atoms with Gasteiger partial charge in [-0.25, -0.2) is 4.98 Å². The van der Waals surface area contributed by atoms with Gasteiger partial charge < -0.3 is 10.0 Å². The van der Waals surface area contributed by atoms with Gasteiger partial charge in [0.2, 0.25) is 0 Å². The summed E-state index contributed by atoms with van der Waals surface area (Å²) in [7, 11) is 0. The summed E-state index contributed by atoms with van der Waals surface area (Å²) in [6.07, 6.45) is 2.57. The Hall–Kier alpha value is -0.610. The Morgan fingerprint density at radius 2 is 2.31 bits per heavy atom. The third kappa shape index (κ3) is 2.55. The standard InChI is InChI=1S/C12H20N2OS/c1-9-5-4-6-14(7-9)11-13-10(8-16-11)12(2,3)15/h8-9,15H,4-7H2,1-3H3. The highest BCUT2D eigenvalue weighted by atomic mass is 32.1. The van der Waals surface area contributed by atoms with Crippen LogP contribution in [0.4, 0.5) is 5.13 Å². The lowest BCUT2D eigenvalue weighted by Gasteiger charge is -2.30. The van der Waals surface area contributed by atoms with Crippen molar-refractivity contribution in [2.75, 3.05) is 18.0 Å². The molecule has 1 aliphatic heterocycles. The predicted octanol–water partition coefficient (Wildman–Crippen LogP) is 2.61. The van der Waals surface area contributed by atoms with Crippen LogP contribution in [0.5, 0.6) is 0 Å². The Balaban J connectivity index is 2.12. The third-order valence-corrected chi connectivity index (χ3v) is 3.95. The van der Waals surface area contributed by atoms with E-state index in [1.54, 1.807) is 25.2 Å². The topological polar surface area (TPSA) is 36.4 Å². The summed E-state index contributed by atoms with van der Waals surface area (Å²) in [4.78, 5) is 6.88. The van der Waals surface area contributed by atoms with Crippen molar-refractivity contribution >= 4 is 16.5 Å². The number of nitrogens with zero attached hydrogens (tertiary/aromatic N) is 2. The van der Waals surface area contributed by atoms with E-state index in [-0.39, 0.29) is 0 Å². The maximum Gasteiger partial charge on any atom is 0.185 e. The molecule has 1 aliphatic rings. The zero-order chi connectivity index (χ0) is 11.8. The molecule has 0 radical (unpaired) electrons. The highest BCUT2D eigenvalue weighted by molar-refractivity contribution is 7.13. The quantitative estimate of drug-likeness (QED) is 0.863. The SMILES string of the molecule is CC1CCCN(c2nc(C(C)(C)O)cs2)C1. The first-order valence-electron chi connectivity index (χ1n) is 5.90. The molecule has 4 heteroatoms. The summed E-state index contributed by atoms with van der Waals surface area (Å²) >= 11 is 1.64. The fraction of sp³-hybridized carbons (Fsp3) is 0.750. The second kappa shape index (κ2) is 4.34. The molecule has 2 rings (SSSR count). The first-order valence-corrected chi connectivity index (χ1v) is 6.78. The number of rotatable bonds is 2. The number of piperidine rings is 1. The lowest BCUT2D eigenvalue weighted by atomic mass is 10.0. The Kier molecular flexibility index (Phi) is 3.22. The molecule has 0 saturated carbocycles. The van der Waals surface area contributed by atoms with Gasteiger partial charge in [0, 0.05) is 18.5 Å². The van der Waals surface area contributed by atoms with Crippen molar-refractivity contribution in [1.29, 1.82) is 0 Å². The van der Waals surface area contributed by atoms with E-state index in [1.807, 2.05) is 5.38 Å². The van der Waals surface area contributed by atoms with Gasteiger partial charge >= 0.3 is 0 Å². The normalized spacial score (nSPS) is 22.5. The van der Waals surface area contributed by atoms with E-state index in [0.29, 0.717) is 0 Å². The molecular weight excluding hydrogens is 220 g/mol. The van der Waals surface area contributed by atoms with Gasteiger partial charge in [0.05, 0.1) is 5.69 Å². The number of hydrogen-bond donors (Lipinski definition) is 1. The van der Waals surface area contributed by atoms with Gasteiger partial charge in [-0.3, -0.25) is 0 Å². The van der Waals surface area contributed by atoms with Crippen molar-refractivity contribution < 1.29 is 5.11 Å². The van der Waals surface area contributed by atoms with E-state index in [1.165, 1.54) is 12.8 Å². The van der Waals surface area contributed by atoms with Gasteiger partial charge in [-0.1, -0.05) is 6.92 Å². The molecule has 3 nitrogen and oxygen atoms in total. The van der Waals surface area contributed by atoms with Gasteiger partial charge in [0.1, 0.15) is 5.60 Å². The van der Waals surface area contributed by atoms with Crippen LogP contribution in [-0.2, 0) is 5.60 Å². The summed E-state index contributed by atoms with van der Waals surface area (Å²) in [6.45, 7) is 8.05. The molecule has 16 heavy (non-hydrogen) atoms. The maximum absolute atomic E-state index is 9.88. The van der Waals surface area contributed by atoms with Crippen LogP contribution in [-0.4, -0.2) is 23.2 Å². The number of aromatic nitrogens is 1. The van der Waals surface area contributed by atoms with Gasteiger partial charge in [-0.05, 0) is 32.6 Å². The first-order chi connectivity index (χ1) is 7.47. The van der Waals surface area contributed by atoms with Crippen LogP contribution >= 0.6 is 11.3 Å². The summed E-state index contributed by atoms with van der Waals surface area (Å²) in [6, 6.07) is 0. The van der Waals surface area contributed by atoms with E-state index >= 15 is 0 Å². The molecule has 0 aliphatic carbocycles. The van der Waals surface area contributed by atoms with Crippen LogP contribution < -0.4 is 4.90 Å². The molecule has 0 amide bonds. The zero-order valence-corrected chi connectivity index (χ0v) is 11.0. The molecule has 1 aromatic rings. The van der Waals surface area contributed by atoms with Crippen LogP contribution in [0.2, 0.25) is 0 Å². The minimum atomic E-state index is -0.823. The molecule has 1 aromatic heterocycles. The predicted molar refractivity (Wildman–Crippen MR) is 68.0 cm³/mol. The van der Waals surface area contributed by atoms with Gasteiger partial charge in [-0.2, -0.15) is 0 Å². The Labute approximate surface area is 101 Å². The highest BCUT2D eigenvalue weighted by Gasteiger charge is 2.23. The Bertz CT molecular complexity index is 356. The molecule has 0 spiro atoms. The largest absolute Gasteiger partial charge is 0.384 e. The number of anilines is 1. The number of aliphatic hydroxyl groups is 1. The Morgan fingerprint density at radius 1 is 1.56 bits per heavy atom. The smallest absolute Gasteiger partial charge is 0.185 e. The summed E-state index contributed by atoms with van der Waals surface area (Å²) < 4.78 is 0. The summed E-state index contributed by atoms with van der Waals surface area (Å²) in [5.74, 6) is 0.753. The van der Waals surface area contributed by atoms with Gasteiger partial charge in [-0.15, -0.1) is 11.3 Å². The molecule has 0 bridgehead atoms. The molecule has 0 aromatic carbocycles. The van der Waals surface area contributed by atoms with Crippen molar-refractivity contribution in [2.45, 2.75) is 39.2 Å². The fourth-order valence-corrected chi connectivity index (χ4v) is 3.08. The number of hydrogen-bond acceptors (Lipinski definition) is 4. The molecule has 1 atom stereocenters. The Morgan fingerprint density at radius 3 is 2.88 bits per heavy atom. The molecule has 1 saturated heterocycles. The molecule has 1 unspecified atom stereocenters. The summed E-state index contributed by atoms with van der Waals surface area (Å²) in [5, 5.41) is 12.9. The van der Waals surface area contributed by atoms with Crippen molar-refractivity contribution in [3.63, 3.8) is 0 Å². The van der Waals surface area contributed by atoms with Crippen LogP contribution in [0, 0.1) is 5.92 Å². The molecular formula is C12H20N2OS. The average Bonchev–Trinajstić information content (AvgIpc) is 2.65. The van der Waals surface area contributed by atoms with Crippen LogP contribution in [0.25, 0.3) is 0 Å². The van der Waals surface area contributed by atoms with Crippen LogP contribution in [0.15, 0.2) is 5.38 Å². The lowest BCUT2D eigenvalue weighted by molar-refractivity contribution is 0.0746. The monoisotopic (exact) mass is 240 g/mol. The van der Waals surface area contributed by atoms with E-state index in [4.69, 9.17) is 0 Å². The zero-order valence-electron chi connectivity index (χ0n) is 10.2. The van der Waals surface area contributed by atoms with Crippen molar-refractivity contribution in [1.82, 2.24) is 4.98 Å². The fourth-order valence-electron chi connectivity index (χ4n) is 2.05. The molecule has 1 fully saturated rings. The van der Waals surface area contributed by atoms with Crippen molar-refractivity contribution in [3.8, 4) is 0 Å². The lowest BCUT2D eigenvalue weighted by Crippen LogP contribution is -2.34. The van der Waals surface area contributed by atoms with Gasteiger partial charge in [0.15, 0.2) is 5.13 Å². The number of thiazole rings is 1.